The third kappa shape index (κ3) is 6.65. The molecule has 4 aromatic heterocycles. The molecule has 0 bridgehead atoms. The number of para-hydroxylation sites is 1. The zero-order valence-electron chi connectivity index (χ0n) is 29.7. The zero-order chi connectivity index (χ0) is 35.7. The van der Waals surface area contributed by atoms with E-state index in [4.69, 9.17) is 8.83 Å². The molecule has 0 saturated carbocycles. The molecule has 0 spiro atoms. The van der Waals surface area contributed by atoms with Crippen LogP contribution in [0.1, 0.15) is 29.5 Å². The Morgan fingerprint density at radius 1 is 0.500 bits per heavy atom. The molecular weight excluding hydrogens is 841 g/mol. The molecule has 0 aliphatic carbocycles. The van der Waals surface area contributed by atoms with Crippen LogP contribution in [0.3, 0.4) is 0 Å². The van der Waals surface area contributed by atoms with Gasteiger partial charge in [0.25, 0.3) is 0 Å². The van der Waals surface area contributed by atoms with E-state index < -0.39 is 0 Å². The van der Waals surface area contributed by atoms with E-state index in [0.717, 1.165) is 66.4 Å². The van der Waals surface area contributed by atoms with Crippen molar-refractivity contribution in [2.24, 2.45) is 0 Å². The van der Waals surface area contributed by atoms with Gasteiger partial charge in [-0.05, 0) is 70.9 Å². The monoisotopic (exact) mass is 875 g/mol. The van der Waals surface area contributed by atoms with Gasteiger partial charge in [0.05, 0.1) is 11.2 Å². The van der Waals surface area contributed by atoms with Gasteiger partial charge in [0, 0.05) is 49.2 Å². The Morgan fingerprint density at radius 3 is 1.87 bits per heavy atom. The SMILES string of the molecule is Cc1ccc(-c2ccc3oc4c(-c5cc(C(C)c6ccccc6)ccn5)[c-]ccc4c3c2)cc1.[Ir].[c-]1ccc2c(oc3ccccc32)c1-c1ccccn1. The number of aryl methyl sites for hydroxylation is 1. The minimum absolute atomic E-state index is 0. The summed E-state index contributed by atoms with van der Waals surface area (Å²) in [7, 11) is 0. The smallest absolute Gasteiger partial charge is 0.120 e. The van der Waals surface area contributed by atoms with Crippen molar-refractivity contribution in [3.8, 4) is 33.6 Å². The summed E-state index contributed by atoms with van der Waals surface area (Å²) >= 11 is 0. The maximum absolute atomic E-state index is 6.36. The minimum atomic E-state index is 0. The number of furan rings is 2. The predicted molar refractivity (Wildman–Crippen MR) is 216 cm³/mol. The number of benzene rings is 6. The molecular formula is C49H34IrN2O2-2. The predicted octanol–water partition coefficient (Wildman–Crippen LogP) is 13.0. The summed E-state index contributed by atoms with van der Waals surface area (Å²) in [5.41, 5.74) is 13.2. The van der Waals surface area contributed by atoms with Crippen LogP contribution in [0.2, 0.25) is 0 Å². The third-order valence-electron chi connectivity index (χ3n) is 9.92. The van der Waals surface area contributed by atoms with Crippen LogP contribution in [0.25, 0.3) is 77.5 Å². The number of aromatic nitrogens is 2. The number of hydrogen-bond donors (Lipinski definition) is 0. The topological polar surface area (TPSA) is 52.1 Å². The van der Waals surface area contributed by atoms with Gasteiger partial charge in [0.2, 0.25) is 0 Å². The Kier molecular flexibility index (Phi) is 9.75. The van der Waals surface area contributed by atoms with E-state index in [1.165, 1.54) is 27.8 Å². The standard InChI is InChI=1S/C32H24NO.C17H10NO.Ir/c1-21-11-13-24(14-12-21)26-15-16-31-29(19-26)27-9-6-10-28(32(27)34-31)30-20-25(17-18-33-30)22(2)23-7-4-3-5-8-23;1-2-10-16-12(6-1)13-7-5-8-14(17(13)19-16)15-9-3-4-11-18-15;/h3-9,11-20,22H,1-2H3;1-7,9-11H;/q2*-1;. The van der Waals surface area contributed by atoms with Crippen LogP contribution in [-0.4, -0.2) is 9.97 Å². The maximum Gasteiger partial charge on any atom is 0.120 e. The van der Waals surface area contributed by atoms with Crippen LogP contribution in [0.15, 0.2) is 173 Å². The van der Waals surface area contributed by atoms with E-state index in [1.807, 2.05) is 60.8 Å². The fraction of sp³-hybridized carbons (Fsp3) is 0.0612. The average molecular weight is 875 g/mol. The Bertz CT molecular complexity index is 2860. The summed E-state index contributed by atoms with van der Waals surface area (Å²) in [6, 6.07) is 58.4. The first kappa shape index (κ1) is 34.9. The molecule has 1 atom stereocenters. The Morgan fingerprint density at radius 2 is 1.13 bits per heavy atom. The molecule has 10 aromatic rings. The van der Waals surface area contributed by atoms with Gasteiger partial charge in [-0.2, -0.15) is 0 Å². The summed E-state index contributed by atoms with van der Waals surface area (Å²) in [5, 5.41) is 4.43. The molecule has 4 nitrogen and oxygen atoms in total. The molecule has 0 amide bonds. The average Bonchev–Trinajstić information content (AvgIpc) is 3.80. The molecule has 6 aromatic carbocycles. The van der Waals surface area contributed by atoms with Crippen molar-refractivity contribution in [1.29, 1.82) is 0 Å². The molecule has 0 aliphatic heterocycles. The van der Waals surface area contributed by atoms with Crippen molar-refractivity contribution in [2.75, 3.05) is 0 Å². The minimum Gasteiger partial charge on any atom is -0.501 e. The molecule has 263 valence electrons. The summed E-state index contributed by atoms with van der Waals surface area (Å²) in [6.45, 7) is 4.34. The number of hydrogen-bond acceptors (Lipinski definition) is 4. The van der Waals surface area contributed by atoms with Crippen LogP contribution in [0.5, 0.6) is 0 Å². The second-order valence-electron chi connectivity index (χ2n) is 13.3. The largest absolute Gasteiger partial charge is 0.501 e. The molecule has 0 aliphatic rings. The van der Waals surface area contributed by atoms with Crippen molar-refractivity contribution in [2.45, 2.75) is 19.8 Å². The van der Waals surface area contributed by atoms with E-state index in [2.05, 4.69) is 133 Å². The fourth-order valence-corrected chi connectivity index (χ4v) is 7.04. The second kappa shape index (κ2) is 15.1. The van der Waals surface area contributed by atoms with Crippen molar-refractivity contribution in [3.63, 3.8) is 0 Å². The van der Waals surface area contributed by atoms with Crippen LogP contribution < -0.4 is 0 Å². The van der Waals surface area contributed by atoms with Crippen molar-refractivity contribution in [1.82, 2.24) is 9.97 Å². The van der Waals surface area contributed by atoms with E-state index in [0.29, 0.717) is 0 Å². The van der Waals surface area contributed by atoms with Crippen molar-refractivity contribution in [3.05, 3.63) is 193 Å². The van der Waals surface area contributed by atoms with Crippen LogP contribution in [0, 0.1) is 19.1 Å². The summed E-state index contributed by atoms with van der Waals surface area (Å²) in [4.78, 5) is 9.07. The zero-order valence-corrected chi connectivity index (χ0v) is 32.1. The van der Waals surface area contributed by atoms with E-state index in [1.54, 1.807) is 6.20 Å². The Labute approximate surface area is 327 Å². The Balaban J connectivity index is 0.000000175. The molecule has 1 unspecified atom stereocenters. The van der Waals surface area contributed by atoms with Gasteiger partial charge in [-0.3, -0.25) is 0 Å². The molecule has 5 heteroatoms. The molecule has 4 heterocycles. The van der Waals surface area contributed by atoms with E-state index in [9.17, 15) is 0 Å². The normalized spacial score (nSPS) is 11.7. The van der Waals surface area contributed by atoms with E-state index >= 15 is 0 Å². The number of fused-ring (bicyclic) bond motifs is 6. The van der Waals surface area contributed by atoms with E-state index in [-0.39, 0.29) is 26.0 Å². The summed E-state index contributed by atoms with van der Waals surface area (Å²) in [6.07, 6.45) is 3.67. The molecule has 0 N–H and O–H groups in total. The van der Waals surface area contributed by atoms with Gasteiger partial charge in [0.1, 0.15) is 11.2 Å². The van der Waals surface area contributed by atoms with Crippen LogP contribution >= 0.6 is 0 Å². The number of nitrogens with zero attached hydrogens (tertiary/aromatic N) is 2. The summed E-state index contributed by atoms with van der Waals surface area (Å²) in [5.74, 6) is 0.273. The molecule has 10 rings (SSSR count). The molecule has 1 radical (unpaired) electrons. The van der Waals surface area contributed by atoms with Gasteiger partial charge in [0.15, 0.2) is 0 Å². The quantitative estimate of drug-likeness (QED) is 0.162. The van der Waals surface area contributed by atoms with Gasteiger partial charge < -0.3 is 18.8 Å². The molecule has 0 fully saturated rings. The fourth-order valence-electron chi connectivity index (χ4n) is 7.04. The number of pyridine rings is 2. The van der Waals surface area contributed by atoms with Gasteiger partial charge in [-0.25, -0.2) is 0 Å². The Hall–Kier alpha value is -6.13. The first-order chi connectivity index (χ1) is 26.1. The van der Waals surface area contributed by atoms with Gasteiger partial charge in [-0.1, -0.05) is 131 Å². The van der Waals surface area contributed by atoms with Gasteiger partial charge >= 0.3 is 0 Å². The van der Waals surface area contributed by atoms with Crippen molar-refractivity contribution < 1.29 is 28.9 Å². The first-order valence-electron chi connectivity index (χ1n) is 17.8. The van der Waals surface area contributed by atoms with Crippen LogP contribution in [0.4, 0.5) is 0 Å². The third-order valence-corrected chi connectivity index (χ3v) is 9.92. The first-order valence-corrected chi connectivity index (χ1v) is 17.8. The molecule has 54 heavy (non-hydrogen) atoms. The van der Waals surface area contributed by atoms with Gasteiger partial charge in [-0.15, -0.1) is 36.4 Å². The van der Waals surface area contributed by atoms with Crippen molar-refractivity contribution >= 4 is 43.9 Å². The van der Waals surface area contributed by atoms with Crippen LogP contribution in [-0.2, 0) is 20.1 Å². The maximum atomic E-state index is 6.36. The second-order valence-corrected chi connectivity index (χ2v) is 13.3. The number of rotatable bonds is 5. The molecule has 0 saturated heterocycles. The summed E-state index contributed by atoms with van der Waals surface area (Å²) < 4.78 is 12.3.